The van der Waals surface area contributed by atoms with Gasteiger partial charge in [-0.05, 0) is 37.5 Å². The molecule has 114 valence electrons. The summed E-state index contributed by atoms with van der Waals surface area (Å²) in [5.74, 6) is -0.111. The van der Waals surface area contributed by atoms with Gasteiger partial charge < -0.3 is 21.3 Å². The molecule has 4 N–H and O–H groups in total. The van der Waals surface area contributed by atoms with Crippen LogP contribution in [0.3, 0.4) is 0 Å². The zero-order valence-corrected chi connectivity index (χ0v) is 12.3. The van der Waals surface area contributed by atoms with E-state index in [9.17, 15) is 9.59 Å². The molecule has 1 aliphatic heterocycles. The minimum atomic E-state index is -0.180. The fourth-order valence-corrected chi connectivity index (χ4v) is 2.42. The second-order valence-corrected chi connectivity index (χ2v) is 5.18. The summed E-state index contributed by atoms with van der Waals surface area (Å²) >= 11 is 0. The molecule has 1 aliphatic rings. The van der Waals surface area contributed by atoms with Crippen LogP contribution < -0.4 is 16.4 Å². The predicted molar refractivity (Wildman–Crippen MR) is 83.2 cm³/mol. The van der Waals surface area contributed by atoms with Crippen LogP contribution in [0.25, 0.3) is 0 Å². The molecule has 1 aromatic rings. The van der Waals surface area contributed by atoms with Crippen molar-refractivity contribution in [1.82, 2.24) is 10.2 Å². The van der Waals surface area contributed by atoms with Crippen LogP contribution in [0.4, 0.5) is 11.4 Å². The number of nitrogens with two attached hydrogens (primary N) is 1. The quantitative estimate of drug-likeness (QED) is 0.723. The summed E-state index contributed by atoms with van der Waals surface area (Å²) < 4.78 is 0. The minimum absolute atomic E-state index is 0.0689. The number of carbonyl (C=O) groups is 2. The molecule has 1 saturated heterocycles. The van der Waals surface area contributed by atoms with Gasteiger partial charge in [-0.15, -0.1) is 0 Å². The van der Waals surface area contributed by atoms with E-state index in [0.29, 0.717) is 16.9 Å². The van der Waals surface area contributed by atoms with Crippen molar-refractivity contribution in [3.63, 3.8) is 0 Å². The van der Waals surface area contributed by atoms with E-state index < -0.39 is 0 Å². The summed E-state index contributed by atoms with van der Waals surface area (Å²) in [5.41, 5.74) is 7.52. The van der Waals surface area contributed by atoms with E-state index in [4.69, 9.17) is 5.73 Å². The summed E-state index contributed by atoms with van der Waals surface area (Å²) in [6.45, 7) is 1.85. The minimum Gasteiger partial charge on any atom is -0.397 e. The Morgan fingerprint density at radius 3 is 2.62 bits per heavy atom. The van der Waals surface area contributed by atoms with Gasteiger partial charge in [0.05, 0.1) is 17.9 Å². The molecule has 0 aliphatic carbocycles. The number of nitrogens with zero attached hydrogens (tertiary/aromatic N) is 1. The Balaban J connectivity index is 1.98. The van der Waals surface area contributed by atoms with Crippen molar-refractivity contribution in [2.24, 2.45) is 0 Å². The van der Waals surface area contributed by atoms with Crippen LogP contribution in [0.1, 0.15) is 29.6 Å². The fraction of sp³-hybridized carbons (Fsp3) is 0.467. The van der Waals surface area contributed by atoms with Gasteiger partial charge in [0.2, 0.25) is 5.91 Å². The standard InChI is InChI=1S/C15H22N4O2/c1-17-15(21)11-5-6-12(16)13(9-11)18-10-14(20)19-7-3-2-4-8-19/h5-6,9,18H,2-4,7-8,10,16H2,1H3,(H,17,21). The van der Waals surface area contributed by atoms with E-state index in [0.717, 1.165) is 25.9 Å². The first kappa shape index (κ1) is 15.2. The van der Waals surface area contributed by atoms with Crippen LogP contribution in [0.5, 0.6) is 0 Å². The van der Waals surface area contributed by atoms with Gasteiger partial charge in [0.15, 0.2) is 0 Å². The highest BCUT2D eigenvalue weighted by atomic mass is 16.2. The number of anilines is 2. The van der Waals surface area contributed by atoms with E-state index in [1.54, 1.807) is 25.2 Å². The third kappa shape index (κ3) is 3.87. The Morgan fingerprint density at radius 1 is 1.24 bits per heavy atom. The molecular formula is C15H22N4O2. The maximum absolute atomic E-state index is 12.1. The van der Waals surface area contributed by atoms with Crippen LogP contribution >= 0.6 is 0 Å². The first-order valence-electron chi connectivity index (χ1n) is 7.25. The number of carbonyl (C=O) groups excluding carboxylic acids is 2. The normalized spacial score (nSPS) is 14.6. The second kappa shape index (κ2) is 6.97. The number of rotatable bonds is 4. The molecule has 6 heteroatoms. The van der Waals surface area contributed by atoms with Gasteiger partial charge in [-0.25, -0.2) is 0 Å². The fourth-order valence-electron chi connectivity index (χ4n) is 2.42. The molecule has 0 saturated carbocycles. The van der Waals surface area contributed by atoms with Crippen LogP contribution in [0.2, 0.25) is 0 Å². The highest BCUT2D eigenvalue weighted by molar-refractivity contribution is 5.96. The third-order valence-corrected chi connectivity index (χ3v) is 3.68. The molecule has 21 heavy (non-hydrogen) atoms. The molecule has 1 fully saturated rings. The Bertz CT molecular complexity index is 524. The van der Waals surface area contributed by atoms with Crippen molar-refractivity contribution in [3.05, 3.63) is 23.8 Å². The Labute approximate surface area is 124 Å². The van der Waals surface area contributed by atoms with Crippen molar-refractivity contribution in [3.8, 4) is 0 Å². The van der Waals surface area contributed by atoms with Crippen LogP contribution in [0, 0.1) is 0 Å². The number of nitrogen functional groups attached to an aromatic ring is 1. The summed E-state index contributed by atoms with van der Waals surface area (Å²) in [7, 11) is 1.58. The Kier molecular flexibility index (Phi) is 5.03. The first-order chi connectivity index (χ1) is 10.1. The number of hydrogen-bond donors (Lipinski definition) is 3. The monoisotopic (exact) mass is 290 g/mol. The van der Waals surface area contributed by atoms with Gasteiger partial charge in [-0.2, -0.15) is 0 Å². The Hall–Kier alpha value is -2.24. The van der Waals surface area contributed by atoms with E-state index in [2.05, 4.69) is 10.6 Å². The summed E-state index contributed by atoms with van der Waals surface area (Å²) in [5, 5.41) is 5.59. The first-order valence-corrected chi connectivity index (χ1v) is 7.25. The van der Waals surface area contributed by atoms with E-state index in [1.165, 1.54) is 6.42 Å². The van der Waals surface area contributed by atoms with Crippen molar-refractivity contribution in [1.29, 1.82) is 0 Å². The second-order valence-electron chi connectivity index (χ2n) is 5.18. The number of hydrogen-bond acceptors (Lipinski definition) is 4. The zero-order chi connectivity index (χ0) is 15.2. The maximum Gasteiger partial charge on any atom is 0.251 e. The lowest BCUT2D eigenvalue weighted by Gasteiger charge is -2.27. The summed E-state index contributed by atoms with van der Waals surface area (Å²) in [6.07, 6.45) is 3.33. The van der Waals surface area contributed by atoms with Gasteiger partial charge in [-0.1, -0.05) is 0 Å². The molecular weight excluding hydrogens is 268 g/mol. The van der Waals surface area contributed by atoms with Gasteiger partial charge in [0, 0.05) is 25.7 Å². The molecule has 1 heterocycles. The average molecular weight is 290 g/mol. The SMILES string of the molecule is CNC(=O)c1ccc(N)c(NCC(=O)N2CCCCC2)c1. The largest absolute Gasteiger partial charge is 0.397 e. The summed E-state index contributed by atoms with van der Waals surface area (Å²) in [4.78, 5) is 25.6. The van der Waals surface area contributed by atoms with Gasteiger partial charge in [0.1, 0.15) is 0 Å². The molecule has 0 atom stereocenters. The van der Waals surface area contributed by atoms with Crippen LogP contribution in [-0.4, -0.2) is 43.4 Å². The molecule has 2 rings (SSSR count). The van der Waals surface area contributed by atoms with Gasteiger partial charge >= 0.3 is 0 Å². The molecule has 0 aromatic heterocycles. The lowest BCUT2D eigenvalue weighted by Crippen LogP contribution is -2.39. The molecule has 1 aromatic carbocycles. The lowest BCUT2D eigenvalue weighted by atomic mass is 10.1. The highest BCUT2D eigenvalue weighted by Crippen LogP contribution is 2.20. The number of nitrogens with one attached hydrogen (secondary N) is 2. The smallest absolute Gasteiger partial charge is 0.251 e. The number of likely N-dealkylation sites (tertiary alicyclic amines) is 1. The van der Waals surface area contributed by atoms with Crippen molar-refractivity contribution in [2.75, 3.05) is 37.7 Å². The average Bonchev–Trinajstić information content (AvgIpc) is 2.53. The topological polar surface area (TPSA) is 87.5 Å². The van der Waals surface area contributed by atoms with E-state index in [1.807, 2.05) is 4.90 Å². The molecule has 2 amide bonds. The molecule has 6 nitrogen and oxygen atoms in total. The Morgan fingerprint density at radius 2 is 1.95 bits per heavy atom. The van der Waals surface area contributed by atoms with E-state index >= 15 is 0 Å². The highest BCUT2D eigenvalue weighted by Gasteiger charge is 2.16. The number of benzene rings is 1. The van der Waals surface area contributed by atoms with Gasteiger partial charge in [0.25, 0.3) is 5.91 Å². The van der Waals surface area contributed by atoms with Crippen molar-refractivity contribution in [2.45, 2.75) is 19.3 Å². The molecule has 0 spiro atoms. The van der Waals surface area contributed by atoms with Crippen molar-refractivity contribution < 1.29 is 9.59 Å². The van der Waals surface area contributed by atoms with Crippen LogP contribution in [0.15, 0.2) is 18.2 Å². The van der Waals surface area contributed by atoms with Gasteiger partial charge in [-0.3, -0.25) is 9.59 Å². The number of piperidine rings is 1. The maximum atomic E-state index is 12.1. The zero-order valence-electron chi connectivity index (χ0n) is 12.3. The lowest BCUT2D eigenvalue weighted by molar-refractivity contribution is -0.130. The van der Waals surface area contributed by atoms with E-state index in [-0.39, 0.29) is 18.4 Å². The van der Waals surface area contributed by atoms with Crippen LogP contribution in [-0.2, 0) is 4.79 Å². The third-order valence-electron chi connectivity index (χ3n) is 3.68. The molecule has 0 unspecified atom stereocenters. The molecule has 0 bridgehead atoms. The predicted octanol–water partition coefficient (Wildman–Crippen LogP) is 1.05. The summed E-state index contributed by atoms with van der Waals surface area (Å²) in [6, 6.07) is 4.99. The number of amides is 2. The molecule has 0 radical (unpaired) electrons. The van der Waals surface area contributed by atoms with Crippen molar-refractivity contribution >= 4 is 23.2 Å².